The second-order valence-electron chi connectivity index (χ2n) is 6.59. The molecule has 1 aromatic heterocycles. The van der Waals surface area contributed by atoms with Gasteiger partial charge in [0.2, 0.25) is 5.91 Å². The number of hydrogen-bond donors (Lipinski definition) is 1. The van der Waals surface area contributed by atoms with Crippen LogP contribution in [-0.4, -0.2) is 51.4 Å². The van der Waals surface area contributed by atoms with Crippen LogP contribution < -0.4 is 0 Å². The highest BCUT2D eigenvalue weighted by Gasteiger charge is 2.39. The van der Waals surface area contributed by atoms with Gasteiger partial charge in [-0.2, -0.15) is 0 Å². The van der Waals surface area contributed by atoms with Crippen molar-refractivity contribution in [2.45, 2.75) is 64.1 Å². The van der Waals surface area contributed by atoms with E-state index in [9.17, 15) is 4.79 Å². The predicted molar refractivity (Wildman–Crippen MR) is 86.8 cm³/mol. The molecule has 2 aliphatic heterocycles. The molecule has 6 heteroatoms. The molecule has 122 valence electrons. The van der Waals surface area contributed by atoms with Gasteiger partial charge in [-0.05, 0) is 19.3 Å². The number of amides is 1. The van der Waals surface area contributed by atoms with Crippen molar-refractivity contribution in [1.29, 1.82) is 0 Å². The summed E-state index contributed by atoms with van der Waals surface area (Å²) in [4.78, 5) is 24.2. The number of aromatic amines is 1. The molecule has 22 heavy (non-hydrogen) atoms. The summed E-state index contributed by atoms with van der Waals surface area (Å²) in [5.74, 6) is 1.24. The summed E-state index contributed by atoms with van der Waals surface area (Å²) < 4.78 is 0. The molecule has 0 aliphatic carbocycles. The largest absolute Gasteiger partial charge is 0.344 e. The fraction of sp³-hybridized carbons (Fsp3) is 0.750. The van der Waals surface area contributed by atoms with Crippen LogP contribution in [0.5, 0.6) is 0 Å². The molecule has 0 unspecified atom stereocenters. The third-order valence-corrected chi connectivity index (χ3v) is 5.29. The van der Waals surface area contributed by atoms with Crippen molar-refractivity contribution in [2.75, 3.05) is 13.6 Å². The summed E-state index contributed by atoms with van der Waals surface area (Å²) in [6.07, 6.45) is 6.12. The highest BCUT2D eigenvalue weighted by atomic mass is 35.5. The fourth-order valence-electron chi connectivity index (χ4n) is 3.65. The first-order valence-electron chi connectivity index (χ1n) is 8.31. The number of carbonyl (C=O) groups is 1. The molecule has 3 rings (SSSR count). The quantitative estimate of drug-likeness (QED) is 0.905. The van der Waals surface area contributed by atoms with E-state index in [1.165, 1.54) is 0 Å². The fourth-order valence-corrected chi connectivity index (χ4v) is 3.86. The number of nitrogens with zero attached hydrogens (tertiary/aromatic N) is 3. The molecule has 0 spiro atoms. The predicted octanol–water partition coefficient (Wildman–Crippen LogP) is 2.60. The van der Waals surface area contributed by atoms with Crippen molar-refractivity contribution in [3.05, 3.63) is 16.7 Å². The molecule has 1 aromatic rings. The smallest absolute Gasteiger partial charge is 0.223 e. The third kappa shape index (κ3) is 3.15. The highest BCUT2D eigenvalue weighted by molar-refractivity contribution is 6.30. The minimum absolute atomic E-state index is 0.261. The zero-order valence-electron chi connectivity index (χ0n) is 13.4. The lowest BCUT2D eigenvalue weighted by Gasteiger charge is -2.27. The number of H-pyrrole nitrogens is 1. The van der Waals surface area contributed by atoms with E-state index in [1.807, 2.05) is 11.9 Å². The molecule has 1 N–H and O–H groups in total. The first-order valence-corrected chi connectivity index (χ1v) is 8.69. The number of imidazole rings is 1. The summed E-state index contributed by atoms with van der Waals surface area (Å²) in [6, 6.07) is 0.792. The number of hydrogen-bond acceptors (Lipinski definition) is 3. The Kier molecular flexibility index (Phi) is 4.73. The molecule has 3 heterocycles. The number of fused-ring (bicyclic) bond motifs is 2. The number of carbonyl (C=O) groups excluding carboxylic acids is 1. The van der Waals surface area contributed by atoms with Crippen LogP contribution in [0.15, 0.2) is 0 Å². The van der Waals surface area contributed by atoms with E-state index in [0.717, 1.165) is 56.7 Å². The molecule has 0 saturated carbocycles. The average Bonchev–Trinajstić information content (AvgIpc) is 2.98. The monoisotopic (exact) mass is 324 g/mol. The van der Waals surface area contributed by atoms with E-state index >= 15 is 0 Å². The van der Waals surface area contributed by atoms with Crippen LogP contribution in [0.3, 0.4) is 0 Å². The van der Waals surface area contributed by atoms with E-state index in [0.29, 0.717) is 23.7 Å². The standard InChI is InChI=1S/C16H25ClN4O/c1-3-4-5-14-18-13(16(17)19-14)10-21-11-6-7-12(21)9-20(2)15(22)8-11/h11-12H,3-10H2,1-2H3,(H,18,19)/t11-,12+/m1/s1. The van der Waals surface area contributed by atoms with E-state index in [4.69, 9.17) is 11.6 Å². The van der Waals surface area contributed by atoms with Crippen LogP contribution in [0.25, 0.3) is 0 Å². The van der Waals surface area contributed by atoms with E-state index < -0.39 is 0 Å². The topological polar surface area (TPSA) is 52.2 Å². The Balaban J connectivity index is 1.72. The number of aryl methyl sites for hydroxylation is 1. The van der Waals surface area contributed by atoms with Crippen LogP contribution in [0.4, 0.5) is 0 Å². The number of nitrogens with one attached hydrogen (secondary N) is 1. The molecule has 5 nitrogen and oxygen atoms in total. The molecule has 2 atom stereocenters. The summed E-state index contributed by atoms with van der Waals surface area (Å²) in [7, 11) is 1.91. The SMILES string of the molecule is CCCCc1nc(Cl)c(CN2[C@@H]3CC[C@H]2CN(C)C(=O)C3)[nH]1. The van der Waals surface area contributed by atoms with Crippen molar-refractivity contribution in [3.8, 4) is 0 Å². The number of unbranched alkanes of at least 4 members (excludes halogenated alkanes) is 1. The zero-order chi connectivity index (χ0) is 15.7. The minimum atomic E-state index is 0.261. The maximum Gasteiger partial charge on any atom is 0.223 e. The van der Waals surface area contributed by atoms with Gasteiger partial charge >= 0.3 is 0 Å². The zero-order valence-corrected chi connectivity index (χ0v) is 14.2. The molecule has 2 bridgehead atoms. The number of halogens is 1. The lowest BCUT2D eigenvalue weighted by molar-refractivity contribution is -0.130. The lowest BCUT2D eigenvalue weighted by Crippen LogP contribution is -2.38. The van der Waals surface area contributed by atoms with E-state index in [1.54, 1.807) is 0 Å². The van der Waals surface area contributed by atoms with Crippen molar-refractivity contribution < 1.29 is 4.79 Å². The van der Waals surface area contributed by atoms with Gasteiger partial charge in [-0.15, -0.1) is 0 Å². The summed E-state index contributed by atoms with van der Waals surface area (Å²) in [6.45, 7) is 3.77. The van der Waals surface area contributed by atoms with Crippen LogP contribution in [0.2, 0.25) is 5.15 Å². The van der Waals surface area contributed by atoms with E-state index in [-0.39, 0.29) is 5.91 Å². The summed E-state index contributed by atoms with van der Waals surface area (Å²) >= 11 is 6.31. The molecule has 0 radical (unpaired) electrons. The summed E-state index contributed by atoms with van der Waals surface area (Å²) in [5, 5.41) is 0.592. The minimum Gasteiger partial charge on any atom is -0.344 e. The number of likely N-dealkylation sites (tertiary alicyclic amines) is 1. The first kappa shape index (κ1) is 15.8. The van der Waals surface area contributed by atoms with Crippen molar-refractivity contribution in [3.63, 3.8) is 0 Å². The van der Waals surface area contributed by atoms with Crippen LogP contribution in [0, 0.1) is 0 Å². The Morgan fingerprint density at radius 2 is 2.14 bits per heavy atom. The van der Waals surface area contributed by atoms with Gasteiger partial charge in [0.05, 0.1) is 5.69 Å². The van der Waals surface area contributed by atoms with Crippen LogP contribution >= 0.6 is 11.6 Å². The molecule has 2 fully saturated rings. The average molecular weight is 325 g/mol. The van der Waals surface area contributed by atoms with Gasteiger partial charge in [0.25, 0.3) is 0 Å². The Bertz CT molecular complexity index is 544. The maximum atomic E-state index is 12.0. The molecular formula is C16H25ClN4O. The molecule has 1 amide bonds. The normalized spacial score (nSPS) is 25.8. The van der Waals surface area contributed by atoms with Gasteiger partial charge in [0, 0.05) is 45.1 Å². The second kappa shape index (κ2) is 6.59. The second-order valence-corrected chi connectivity index (χ2v) is 6.95. The third-order valence-electron chi connectivity index (χ3n) is 4.98. The summed E-state index contributed by atoms with van der Waals surface area (Å²) in [5.41, 5.74) is 1.00. The van der Waals surface area contributed by atoms with Gasteiger partial charge < -0.3 is 9.88 Å². The number of likely N-dealkylation sites (N-methyl/N-ethyl adjacent to an activating group) is 1. The van der Waals surface area contributed by atoms with Gasteiger partial charge in [0.1, 0.15) is 5.82 Å². The number of rotatable bonds is 5. The molecule has 2 aliphatic rings. The van der Waals surface area contributed by atoms with Crippen molar-refractivity contribution in [2.24, 2.45) is 0 Å². The molecule has 2 saturated heterocycles. The van der Waals surface area contributed by atoms with Crippen LogP contribution in [0.1, 0.15) is 50.5 Å². The number of aromatic nitrogens is 2. The van der Waals surface area contributed by atoms with Gasteiger partial charge in [-0.25, -0.2) is 4.98 Å². The highest BCUT2D eigenvalue weighted by Crippen LogP contribution is 2.32. The Morgan fingerprint density at radius 1 is 1.36 bits per heavy atom. The van der Waals surface area contributed by atoms with Gasteiger partial charge in [-0.3, -0.25) is 9.69 Å². The van der Waals surface area contributed by atoms with E-state index in [2.05, 4.69) is 21.8 Å². The lowest BCUT2D eigenvalue weighted by atomic mass is 10.1. The molecular weight excluding hydrogens is 300 g/mol. The van der Waals surface area contributed by atoms with Gasteiger partial charge in [-0.1, -0.05) is 24.9 Å². The van der Waals surface area contributed by atoms with Crippen molar-refractivity contribution in [1.82, 2.24) is 19.8 Å². The van der Waals surface area contributed by atoms with Crippen molar-refractivity contribution >= 4 is 17.5 Å². The molecule has 0 aromatic carbocycles. The van der Waals surface area contributed by atoms with Crippen LogP contribution in [-0.2, 0) is 17.8 Å². The first-order chi connectivity index (χ1) is 10.6. The Morgan fingerprint density at radius 3 is 2.91 bits per heavy atom. The Hall–Kier alpha value is -1.07. The van der Waals surface area contributed by atoms with Gasteiger partial charge in [0.15, 0.2) is 5.15 Å². The maximum absolute atomic E-state index is 12.0. The Labute approximate surface area is 137 Å².